The highest BCUT2D eigenvalue weighted by Gasteiger charge is 2.19. The molecular weight excluding hydrogens is 284 g/mol. The normalized spacial score (nSPS) is 25.6. The van der Waals surface area contributed by atoms with Crippen LogP contribution in [0.25, 0.3) is 0 Å². The fraction of sp³-hybridized carbons (Fsp3) is 0.500. The number of thioether (sulfide) groups is 1. The third-order valence-electron chi connectivity index (χ3n) is 2.97. The summed E-state index contributed by atoms with van der Waals surface area (Å²) < 4.78 is 1.10. The monoisotopic (exact) mass is 300 g/mol. The van der Waals surface area contributed by atoms with Gasteiger partial charge in [0.1, 0.15) is 0 Å². The van der Waals surface area contributed by atoms with E-state index < -0.39 is 0 Å². The van der Waals surface area contributed by atoms with E-state index in [0.29, 0.717) is 11.3 Å². The molecule has 0 amide bonds. The summed E-state index contributed by atoms with van der Waals surface area (Å²) >= 11 is 5.50. The lowest BCUT2D eigenvalue weighted by molar-refractivity contribution is 0.451. The lowest BCUT2D eigenvalue weighted by Crippen LogP contribution is -2.27. The Bertz CT molecular complexity index is 362. The molecule has 2 rings (SSSR count). The molecule has 88 valence electrons. The van der Waals surface area contributed by atoms with Crippen LogP contribution in [0.2, 0.25) is 0 Å². The minimum absolute atomic E-state index is 0.423. The average Bonchev–Trinajstić information content (AvgIpc) is 2.25. The van der Waals surface area contributed by atoms with Crippen LogP contribution >= 0.6 is 27.7 Å². The maximum Gasteiger partial charge on any atom is 0.0331 e. The van der Waals surface area contributed by atoms with Gasteiger partial charge in [0.15, 0.2) is 0 Å². The number of nitrogens with two attached hydrogens (primary N) is 2. The van der Waals surface area contributed by atoms with Crippen LogP contribution in [0.1, 0.15) is 25.7 Å². The minimum atomic E-state index is 0.423. The second-order valence-corrected chi connectivity index (χ2v) is 6.54. The van der Waals surface area contributed by atoms with Gasteiger partial charge in [0.05, 0.1) is 0 Å². The fourth-order valence-electron chi connectivity index (χ4n) is 2.00. The molecule has 1 aromatic rings. The van der Waals surface area contributed by atoms with E-state index in [2.05, 4.69) is 22.0 Å². The first-order chi connectivity index (χ1) is 7.65. The van der Waals surface area contributed by atoms with Crippen LogP contribution in [0.15, 0.2) is 27.6 Å². The van der Waals surface area contributed by atoms with Crippen molar-refractivity contribution in [3.05, 3.63) is 22.7 Å². The standard InChI is InChI=1S/C12H17BrN2S/c13-11-7-9(15)3-6-12(11)16-10-4-1-8(14)2-5-10/h3,6-8,10H,1-2,4-5,14-15H2. The van der Waals surface area contributed by atoms with E-state index in [-0.39, 0.29) is 0 Å². The van der Waals surface area contributed by atoms with Gasteiger partial charge in [-0.3, -0.25) is 0 Å². The fourth-order valence-corrected chi connectivity index (χ4v) is 3.86. The maximum atomic E-state index is 5.91. The molecule has 0 unspecified atom stereocenters. The molecule has 2 nitrogen and oxygen atoms in total. The van der Waals surface area contributed by atoms with Crippen molar-refractivity contribution in [2.75, 3.05) is 5.73 Å². The molecule has 1 aromatic carbocycles. The molecule has 0 aliphatic heterocycles. The van der Waals surface area contributed by atoms with E-state index in [1.54, 1.807) is 0 Å². The van der Waals surface area contributed by atoms with Gasteiger partial charge in [-0.15, -0.1) is 11.8 Å². The zero-order valence-corrected chi connectivity index (χ0v) is 11.6. The van der Waals surface area contributed by atoms with E-state index in [1.165, 1.54) is 17.7 Å². The van der Waals surface area contributed by atoms with Gasteiger partial charge in [-0.2, -0.15) is 0 Å². The predicted molar refractivity (Wildman–Crippen MR) is 74.6 cm³/mol. The molecule has 1 fully saturated rings. The predicted octanol–water partition coefficient (Wildman–Crippen LogP) is 3.39. The largest absolute Gasteiger partial charge is 0.399 e. The Labute approximate surface area is 109 Å². The number of halogens is 1. The quantitative estimate of drug-likeness (QED) is 0.823. The van der Waals surface area contributed by atoms with E-state index >= 15 is 0 Å². The second kappa shape index (κ2) is 5.43. The van der Waals surface area contributed by atoms with Crippen molar-refractivity contribution in [2.45, 2.75) is 41.9 Å². The van der Waals surface area contributed by atoms with Crippen molar-refractivity contribution in [1.29, 1.82) is 0 Å². The summed E-state index contributed by atoms with van der Waals surface area (Å²) in [6.07, 6.45) is 4.76. The summed E-state index contributed by atoms with van der Waals surface area (Å²) in [7, 11) is 0. The molecule has 0 bridgehead atoms. The number of hydrogen-bond donors (Lipinski definition) is 2. The van der Waals surface area contributed by atoms with Gasteiger partial charge >= 0.3 is 0 Å². The molecule has 1 aliphatic carbocycles. The van der Waals surface area contributed by atoms with Crippen molar-refractivity contribution in [2.24, 2.45) is 5.73 Å². The molecule has 16 heavy (non-hydrogen) atoms. The second-order valence-electron chi connectivity index (χ2n) is 4.34. The van der Waals surface area contributed by atoms with E-state index in [9.17, 15) is 0 Å². The molecule has 0 atom stereocenters. The Balaban J connectivity index is 1.98. The van der Waals surface area contributed by atoms with Crippen molar-refractivity contribution in [3.63, 3.8) is 0 Å². The number of nitrogen functional groups attached to an aromatic ring is 1. The molecule has 1 saturated carbocycles. The summed E-state index contributed by atoms with van der Waals surface area (Å²) in [6.45, 7) is 0. The Morgan fingerprint density at radius 1 is 1.19 bits per heavy atom. The zero-order valence-electron chi connectivity index (χ0n) is 9.16. The smallest absolute Gasteiger partial charge is 0.0331 e. The average molecular weight is 301 g/mol. The summed E-state index contributed by atoms with van der Waals surface area (Å²) in [5.41, 5.74) is 12.4. The van der Waals surface area contributed by atoms with Gasteiger partial charge in [0.25, 0.3) is 0 Å². The van der Waals surface area contributed by atoms with Crippen LogP contribution in [-0.2, 0) is 0 Å². The first-order valence-electron chi connectivity index (χ1n) is 5.62. The number of rotatable bonds is 2. The Morgan fingerprint density at radius 3 is 2.50 bits per heavy atom. The summed E-state index contributed by atoms with van der Waals surface area (Å²) in [4.78, 5) is 1.29. The lowest BCUT2D eigenvalue weighted by atomic mass is 9.96. The van der Waals surface area contributed by atoms with Gasteiger partial charge in [0.2, 0.25) is 0 Å². The van der Waals surface area contributed by atoms with E-state index in [0.717, 1.165) is 23.0 Å². The number of anilines is 1. The zero-order chi connectivity index (χ0) is 11.5. The summed E-state index contributed by atoms with van der Waals surface area (Å²) in [6, 6.07) is 6.45. The van der Waals surface area contributed by atoms with E-state index in [1.807, 2.05) is 23.9 Å². The first kappa shape index (κ1) is 12.3. The van der Waals surface area contributed by atoms with Crippen LogP contribution in [0.3, 0.4) is 0 Å². The molecule has 0 saturated heterocycles. The van der Waals surface area contributed by atoms with Crippen molar-refractivity contribution in [3.8, 4) is 0 Å². The first-order valence-corrected chi connectivity index (χ1v) is 7.29. The minimum Gasteiger partial charge on any atom is -0.399 e. The van der Waals surface area contributed by atoms with Crippen LogP contribution < -0.4 is 11.5 Å². The van der Waals surface area contributed by atoms with Crippen molar-refractivity contribution >= 4 is 33.4 Å². The third kappa shape index (κ3) is 3.15. The molecule has 4 heteroatoms. The highest BCUT2D eigenvalue weighted by molar-refractivity contribution is 9.10. The van der Waals surface area contributed by atoms with Crippen molar-refractivity contribution in [1.82, 2.24) is 0 Å². The molecule has 0 radical (unpaired) electrons. The summed E-state index contributed by atoms with van der Waals surface area (Å²) in [5, 5.41) is 0.708. The molecule has 4 N–H and O–H groups in total. The van der Waals surface area contributed by atoms with Crippen LogP contribution in [0.4, 0.5) is 5.69 Å². The Hall–Kier alpha value is -0.190. The highest BCUT2D eigenvalue weighted by atomic mass is 79.9. The van der Waals surface area contributed by atoms with Crippen LogP contribution in [0, 0.1) is 0 Å². The molecular formula is C12H17BrN2S. The van der Waals surface area contributed by atoms with Crippen molar-refractivity contribution < 1.29 is 0 Å². The maximum absolute atomic E-state index is 5.91. The Morgan fingerprint density at radius 2 is 1.88 bits per heavy atom. The Kier molecular flexibility index (Phi) is 4.16. The number of benzene rings is 1. The molecule has 1 aliphatic rings. The van der Waals surface area contributed by atoms with Gasteiger partial charge in [-0.05, 0) is 59.8 Å². The lowest BCUT2D eigenvalue weighted by Gasteiger charge is -2.25. The van der Waals surface area contributed by atoms with E-state index in [4.69, 9.17) is 11.5 Å². The van der Waals surface area contributed by atoms with Crippen LogP contribution in [0.5, 0.6) is 0 Å². The summed E-state index contributed by atoms with van der Waals surface area (Å²) in [5.74, 6) is 0. The third-order valence-corrected chi connectivity index (χ3v) is 5.30. The van der Waals surface area contributed by atoms with Gasteiger partial charge < -0.3 is 11.5 Å². The van der Waals surface area contributed by atoms with Crippen LogP contribution in [-0.4, -0.2) is 11.3 Å². The number of hydrogen-bond acceptors (Lipinski definition) is 3. The van der Waals surface area contributed by atoms with Gasteiger partial charge in [-0.1, -0.05) is 0 Å². The topological polar surface area (TPSA) is 52.0 Å². The SMILES string of the molecule is Nc1ccc(SC2CCC(N)CC2)c(Br)c1. The molecule has 0 spiro atoms. The highest BCUT2D eigenvalue weighted by Crippen LogP contribution is 2.37. The van der Waals surface area contributed by atoms with Gasteiger partial charge in [0, 0.05) is 26.3 Å². The molecule has 0 heterocycles. The van der Waals surface area contributed by atoms with Gasteiger partial charge in [-0.25, -0.2) is 0 Å². The molecule has 0 aromatic heterocycles.